The molecule has 2 aromatic rings. The molecule has 108 valence electrons. The minimum absolute atomic E-state index is 0.0102. The molecular formula is C17H18N2O2. The molecule has 0 radical (unpaired) electrons. The fourth-order valence-corrected chi connectivity index (χ4v) is 2.57. The number of nitrogens with one attached hydrogen (secondary N) is 1. The minimum atomic E-state index is -0.0768. The average molecular weight is 282 g/mol. The third-order valence-electron chi connectivity index (χ3n) is 3.69. The molecule has 1 atom stereocenters. The first-order chi connectivity index (χ1) is 10.3. The van der Waals surface area contributed by atoms with Gasteiger partial charge in [-0.3, -0.25) is 4.79 Å². The zero-order chi connectivity index (χ0) is 14.7. The van der Waals surface area contributed by atoms with Crippen LogP contribution in [0.5, 0.6) is 5.75 Å². The molecule has 0 spiro atoms. The highest BCUT2D eigenvalue weighted by Gasteiger charge is 2.22. The fourth-order valence-electron chi connectivity index (χ4n) is 2.57. The third kappa shape index (κ3) is 2.90. The van der Waals surface area contributed by atoms with Crippen molar-refractivity contribution in [1.82, 2.24) is 5.32 Å². The van der Waals surface area contributed by atoms with Crippen LogP contribution >= 0.6 is 0 Å². The van der Waals surface area contributed by atoms with Crippen LogP contribution in [0.1, 0.15) is 33.9 Å². The number of hydrogen-bond donors (Lipinski definition) is 2. The minimum Gasteiger partial charge on any atom is -0.493 e. The summed E-state index contributed by atoms with van der Waals surface area (Å²) in [6.45, 7) is 1.05. The lowest BCUT2D eigenvalue weighted by Gasteiger charge is -2.26. The number of carbonyl (C=O) groups is 1. The number of amides is 1. The van der Waals surface area contributed by atoms with Crippen LogP contribution in [0.25, 0.3) is 0 Å². The van der Waals surface area contributed by atoms with Gasteiger partial charge in [0.15, 0.2) is 0 Å². The van der Waals surface area contributed by atoms with Gasteiger partial charge in [0.2, 0.25) is 0 Å². The van der Waals surface area contributed by atoms with E-state index in [1.54, 1.807) is 6.07 Å². The third-order valence-corrected chi connectivity index (χ3v) is 3.69. The lowest BCUT2D eigenvalue weighted by molar-refractivity contribution is 0.0924. The van der Waals surface area contributed by atoms with Crippen molar-refractivity contribution < 1.29 is 9.53 Å². The maximum atomic E-state index is 12.4. The number of hydrogen-bond acceptors (Lipinski definition) is 3. The van der Waals surface area contributed by atoms with Crippen LogP contribution in [0.2, 0.25) is 0 Å². The second-order valence-corrected chi connectivity index (χ2v) is 5.11. The largest absolute Gasteiger partial charge is 0.493 e. The quantitative estimate of drug-likeness (QED) is 0.908. The Balaban J connectivity index is 1.79. The summed E-state index contributed by atoms with van der Waals surface area (Å²) >= 11 is 0. The molecule has 1 aliphatic rings. The predicted octanol–water partition coefficient (Wildman–Crippen LogP) is 2.40. The lowest BCUT2D eigenvalue weighted by Crippen LogP contribution is -2.32. The molecule has 3 rings (SSSR count). The van der Waals surface area contributed by atoms with E-state index in [-0.39, 0.29) is 11.9 Å². The Morgan fingerprint density at radius 1 is 1.24 bits per heavy atom. The van der Waals surface area contributed by atoms with E-state index >= 15 is 0 Å². The monoisotopic (exact) mass is 282 g/mol. The molecule has 0 fully saturated rings. The Morgan fingerprint density at radius 2 is 2.10 bits per heavy atom. The summed E-state index contributed by atoms with van der Waals surface area (Å²) in [6.07, 6.45) is 0.777. The number of para-hydroxylation sites is 1. The summed E-state index contributed by atoms with van der Waals surface area (Å²) in [7, 11) is 0. The van der Waals surface area contributed by atoms with Crippen molar-refractivity contribution in [2.24, 2.45) is 5.73 Å². The Kier molecular flexibility index (Phi) is 3.88. The summed E-state index contributed by atoms with van der Waals surface area (Å²) in [4.78, 5) is 12.4. The number of nitrogens with two attached hydrogens (primary N) is 1. The first kappa shape index (κ1) is 13.6. The summed E-state index contributed by atoms with van der Waals surface area (Å²) in [5.74, 6) is 0.775. The standard InChI is InChI=1S/C17H18N2O2/c18-11-12-4-3-5-13(10-12)17(20)19-15-8-9-21-16-7-2-1-6-14(15)16/h1-7,10,15H,8-9,11,18H2,(H,19,20). The predicted molar refractivity (Wildman–Crippen MR) is 81.1 cm³/mol. The van der Waals surface area contributed by atoms with Crippen LogP contribution in [0.3, 0.4) is 0 Å². The smallest absolute Gasteiger partial charge is 0.251 e. The van der Waals surface area contributed by atoms with E-state index in [0.717, 1.165) is 23.3 Å². The van der Waals surface area contributed by atoms with Crippen molar-refractivity contribution in [3.63, 3.8) is 0 Å². The normalized spacial score (nSPS) is 16.7. The van der Waals surface area contributed by atoms with Gasteiger partial charge < -0.3 is 15.8 Å². The maximum Gasteiger partial charge on any atom is 0.251 e. The van der Waals surface area contributed by atoms with Crippen molar-refractivity contribution in [1.29, 1.82) is 0 Å². The van der Waals surface area contributed by atoms with E-state index in [4.69, 9.17) is 10.5 Å². The fraction of sp³-hybridized carbons (Fsp3) is 0.235. The van der Waals surface area contributed by atoms with E-state index < -0.39 is 0 Å². The molecule has 1 heterocycles. The molecule has 4 heteroatoms. The van der Waals surface area contributed by atoms with Gasteiger partial charge in [0.05, 0.1) is 12.6 Å². The average Bonchev–Trinajstić information content (AvgIpc) is 2.55. The molecule has 21 heavy (non-hydrogen) atoms. The van der Waals surface area contributed by atoms with Gasteiger partial charge in [-0.25, -0.2) is 0 Å². The van der Waals surface area contributed by atoms with Crippen molar-refractivity contribution in [2.75, 3.05) is 6.61 Å². The van der Waals surface area contributed by atoms with Gasteiger partial charge in [-0.1, -0.05) is 30.3 Å². The number of rotatable bonds is 3. The maximum absolute atomic E-state index is 12.4. The number of benzene rings is 2. The highest BCUT2D eigenvalue weighted by Crippen LogP contribution is 2.31. The summed E-state index contributed by atoms with van der Waals surface area (Å²) in [5.41, 5.74) is 8.25. The molecule has 0 aliphatic carbocycles. The van der Waals surface area contributed by atoms with Crippen LogP contribution in [0.4, 0.5) is 0 Å². The second kappa shape index (κ2) is 5.97. The molecular weight excluding hydrogens is 264 g/mol. The molecule has 0 bridgehead atoms. The van der Waals surface area contributed by atoms with Crippen LogP contribution in [-0.4, -0.2) is 12.5 Å². The van der Waals surface area contributed by atoms with Crippen molar-refractivity contribution in [2.45, 2.75) is 19.0 Å². The van der Waals surface area contributed by atoms with E-state index in [1.807, 2.05) is 42.5 Å². The van der Waals surface area contributed by atoms with Gasteiger partial charge in [-0.15, -0.1) is 0 Å². The summed E-state index contributed by atoms with van der Waals surface area (Å²) in [5, 5.41) is 3.08. The van der Waals surface area contributed by atoms with Crippen LogP contribution in [0, 0.1) is 0 Å². The van der Waals surface area contributed by atoms with Gasteiger partial charge in [0, 0.05) is 24.1 Å². The molecule has 2 aromatic carbocycles. The first-order valence-corrected chi connectivity index (χ1v) is 7.09. The summed E-state index contributed by atoms with van der Waals surface area (Å²) in [6, 6.07) is 15.2. The molecule has 1 unspecified atom stereocenters. The second-order valence-electron chi connectivity index (χ2n) is 5.11. The molecule has 0 aromatic heterocycles. The molecule has 3 N–H and O–H groups in total. The van der Waals surface area contributed by atoms with E-state index in [1.165, 1.54) is 0 Å². The van der Waals surface area contributed by atoms with Gasteiger partial charge >= 0.3 is 0 Å². The summed E-state index contributed by atoms with van der Waals surface area (Å²) < 4.78 is 5.61. The van der Waals surface area contributed by atoms with E-state index in [0.29, 0.717) is 18.7 Å². The highest BCUT2D eigenvalue weighted by atomic mass is 16.5. The highest BCUT2D eigenvalue weighted by molar-refractivity contribution is 5.94. The van der Waals surface area contributed by atoms with Crippen molar-refractivity contribution >= 4 is 5.91 Å². The van der Waals surface area contributed by atoms with Crippen molar-refractivity contribution in [3.8, 4) is 5.75 Å². The van der Waals surface area contributed by atoms with E-state index in [2.05, 4.69) is 5.32 Å². The molecule has 0 saturated carbocycles. The van der Waals surface area contributed by atoms with E-state index in [9.17, 15) is 4.79 Å². The Morgan fingerprint density at radius 3 is 2.95 bits per heavy atom. The number of fused-ring (bicyclic) bond motifs is 1. The zero-order valence-corrected chi connectivity index (χ0v) is 11.7. The zero-order valence-electron chi connectivity index (χ0n) is 11.7. The topological polar surface area (TPSA) is 64.4 Å². The Labute approximate surface area is 123 Å². The van der Waals surface area contributed by atoms with Crippen molar-refractivity contribution in [3.05, 3.63) is 65.2 Å². The van der Waals surface area contributed by atoms with Crippen LogP contribution in [0.15, 0.2) is 48.5 Å². The Bertz CT molecular complexity index is 655. The van der Waals surface area contributed by atoms with Gasteiger partial charge in [0.1, 0.15) is 5.75 Å². The number of ether oxygens (including phenoxy) is 1. The number of carbonyl (C=O) groups excluding carboxylic acids is 1. The molecule has 1 amide bonds. The van der Waals surface area contributed by atoms with Crippen LogP contribution in [-0.2, 0) is 6.54 Å². The molecule has 0 saturated heterocycles. The molecule has 1 aliphatic heterocycles. The van der Waals surface area contributed by atoms with Gasteiger partial charge in [-0.2, -0.15) is 0 Å². The van der Waals surface area contributed by atoms with Gasteiger partial charge in [0.25, 0.3) is 5.91 Å². The first-order valence-electron chi connectivity index (χ1n) is 7.09. The van der Waals surface area contributed by atoms with Crippen LogP contribution < -0.4 is 15.8 Å². The molecule has 4 nitrogen and oxygen atoms in total. The van der Waals surface area contributed by atoms with Gasteiger partial charge in [-0.05, 0) is 23.8 Å². The Hall–Kier alpha value is -2.33. The SMILES string of the molecule is NCc1cccc(C(=O)NC2CCOc3ccccc32)c1. The lowest BCUT2D eigenvalue weighted by atomic mass is 10.00.